The highest BCUT2D eigenvalue weighted by Crippen LogP contribution is 2.58. The van der Waals surface area contributed by atoms with E-state index in [0.29, 0.717) is 18.1 Å². The second kappa shape index (κ2) is 4.56. The van der Waals surface area contributed by atoms with E-state index in [0.717, 1.165) is 19.3 Å². The number of Topliss-reactive ketones (excluding diaryl/α,β-unsaturated/α-hetero) is 1. The van der Waals surface area contributed by atoms with Gasteiger partial charge in [0.25, 0.3) is 0 Å². The van der Waals surface area contributed by atoms with Gasteiger partial charge in [-0.15, -0.1) is 0 Å². The molecule has 23 heavy (non-hydrogen) atoms. The third-order valence-corrected chi connectivity index (χ3v) is 6.54. The fourth-order valence-electron chi connectivity index (χ4n) is 5.50. The first kappa shape index (κ1) is 13.5. The Kier molecular flexibility index (Phi) is 2.69. The van der Waals surface area contributed by atoms with E-state index in [4.69, 9.17) is 0 Å². The molecule has 2 aromatic carbocycles. The zero-order valence-corrected chi connectivity index (χ0v) is 13.7. The molecule has 0 radical (unpaired) electrons. The van der Waals surface area contributed by atoms with Crippen LogP contribution in [-0.4, -0.2) is 5.78 Å². The van der Waals surface area contributed by atoms with Crippen LogP contribution in [0.3, 0.4) is 0 Å². The Labute approximate surface area is 137 Å². The van der Waals surface area contributed by atoms with Gasteiger partial charge >= 0.3 is 0 Å². The van der Waals surface area contributed by atoms with Crippen molar-refractivity contribution in [2.45, 2.75) is 50.9 Å². The van der Waals surface area contributed by atoms with Gasteiger partial charge in [-0.3, -0.25) is 4.79 Å². The minimum absolute atomic E-state index is 0.116. The third-order valence-electron chi connectivity index (χ3n) is 6.54. The first-order chi connectivity index (χ1) is 11.2. The molecule has 5 rings (SSSR count). The number of aryl methyl sites for hydroxylation is 1. The quantitative estimate of drug-likeness (QED) is 0.685. The van der Waals surface area contributed by atoms with E-state index in [1.807, 2.05) is 0 Å². The predicted octanol–water partition coefficient (Wildman–Crippen LogP) is 4.90. The molecule has 116 valence electrons. The smallest absolute Gasteiger partial charge is 0.138 e. The largest absolute Gasteiger partial charge is 0.299 e. The Balaban J connectivity index is 1.78. The molecular weight excluding hydrogens is 280 g/mol. The second-order valence-electron chi connectivity index (χ2n) is 7.73. The van der Waals surface area contributed by atoms with Gasteiger partial charge in [-0.2, -0.15) is 0 Å². The van der Waals surface area contributed by atoms with Crippen LogP contribution in [0.4, 0.5) is 0 Å². The number of allylic oxidation sites excluding steroid dienone is 2. The maximum absolute atomic E-state index is 12.5. The molecule has 3 aliphatic carbocycles. The first-order valence-electron chi connectivity index (χ1n) is 8.94. The van der Waals surface area contributed by atoms with Crippen molar-refractivity contribution in [3.8, 4) is 0 Å². The van der Waals surface area contributed by atoms with Crippen molar-refractivity contribution in [1.29, 1.82) is 0 Å². The number of carbonyl (C=O) groups excluding carboxylic acids is 1. The van der Waals surface area contributed by atoms with Crippen molar-refractivity contribution >= 4 is 16.6 Å². The van der Waals surface area contributed by atoms with Gasteiger partial charge in [0.2, 0.25) is 0 Å². The fraction of sp³-hybridized carbons (Fsp3) is 0.409. The average Bonchev–Trinajstić information content (AvgIpc) is 3.14. The maximum Gasteiger partial charge on any atom is 0.138 e. The highest BCUT2D eigenvalue weighted by Gasteiger charge is 2.51. The van der Waals surface area contributed by atoms with Crippen molar-refractivity contribution in [3.63, 3.8) is 0 Å². The Hall–Kier alpha value is -1.89. The third kappa shape index (κ3) is 1.77. The van der Waals surface area contributed by atoms with Crippen molar-refractivity contribution < 1.29 is 4.79 Å². The first-order valence-corrected chi connectivity index (χ1v) is 8.94. The summed E-state index contributed by atoms with van der Waals surface area (Å²) in [7, 11) is 0. The van der Waals surface area contributed by atoms with Crippen LogP contribution in [0.15, 0.2) is 42.0 Å². The molecule has 2 unspecified atom stereocenters. The minimum atomic E-state index is 0.116. The summed E-state index contributed by atoms with van der Waals surface area (Å²) in [5, 5.41) is 2.70. The van der Waals surface area contributed by atoms with Gasteiger partial charge < -0.3 is 0 Å². The lowest BCUT2D eigenvalue weighted by Gasteiger charge is -2.41. The summed E-state index contributed by atoms with van der Waals surface area (Å²) in [6, 6.07) is 11.4. The van der Waals surface area contributed by atoms with Gasteiger partial charge in [-0.05, 0) is 59.1 Å². The van der Waals surface area contributed by atoms with Gasteiger partial charge in [0.15, 0.2) is 0 Å². The minimum Gasteiger partial charge on any atom is -0.299 e. The molecule has 0 N–H and O–H groups in total. The van der Waals surface area contributed by atoms with Crippen molar-refractivity contribution in [2.24, 2.45) is 5.92 Å². The molecule has 2 aromatic rings. The van der Waals surface area contributed by atoms with Gasteiger partial charge in [0.1, 0.15) is 5.78 Å². The molecule has 2 atom stereocenters. The normalized spacial score (nSPS) is 28.5. The fourth-order valence-corrected chi connectivity index (χ4v) is 5.50. The van der Waals surface area contributed by atoms with E-state index < -0.39 is 0 Å². The van der Waals surface area contributed by atoms with E-state index in [1.165, 1.54) is 40.3 Å². The summed E-state index contributed by atoms with van der Waals surface area (Å²) in [4.78, 5) is 12.5. The lowest BCUT2D eigenvalue weighted by atomic mass is 9.62. The molecule has 2 bridgehead atoms. The lowest BCUT2D eigenvalue weighted by Crippen LogP contribution is -2.39. The molecule has 1 spiro atoms. The molecule has 1 saturated carbocycles. The van der Waals surface area contributed by atoms with Gasteiger partial charge in [0, 0.05) is 18.3 Å². The lowest BCUT2D eigenvalue weighted by molar-refractivity contribution is -0.120. The van der Waals surface area contributed by atoms with Crippen LogP contribution in [0, 0.1) is 5.92 Å². The zero-order valence-electron chi connectivity index (χ0n) is 13.7. The monoisotopic (exact) mass is 302 g/mol. The van der Waals surface area contributed by atoms with Crippen LogP contribution in [-0.2, 0) is 23.1 Å². The summed E-state index contributed by atoms with van der Waals surface area (Å²) >= 11 is 0. The van der Waals surface area contributed by atoms with E-state index in [1.54, 1.807) is 5.57 Å². The van der Waals surface area contributed by atoms with E-state index in [9.17, 15) is 4.79 Å². The van der Waals surface area contributed by atoms with Crippen LogP contribution in [0.1, 0.15) is 49.3 Å². The number of carbonyl (C=O) groups is 1. The summed E-state index contributed by atoms with van der Waals surface area (Å²) < 4.78 is 0. The van der Waals surface area contributed by atoms with Crippen molar-refractivity contribution in [2.75, 3.05) is 0 Å². The summed E-state index contributed by atoms with van der Waals surface area (Å²) in [6.45, 7) is 2.21. The van der Waals surface area contributed by atoms with E-state index in [2.05, 4.69) is 43.3 Å². The molecule has 1 nitrogen and oxygen atoms in total. The number of rotatable bonds is 1. The van der Waals surface area contributed by atoms with Crippen LogP contribution in [0.25, 0.3) is 10.8 Å². The Morgan fingerprint density at radius 1 is 1.22 bits per heavy atom. The number of benzene rings is 2. The highest BCUT2D eigenvalue weighted by atomic mass is 16.1. The van der Waals surface area contributed by atoms with Crippen LogP contribution in [0.2, 0.25) is 0 Å². The molecule has 0 heterocycles. The van der Waals surface area contributed by atoms with Crippen LogP contribution in [0.5, 0.6) is 0 Å². The molecule has 0 amide bonds. The number of ketones is 1. The van der Waals surface area contributed by atoms with Gasteiger partial charge in [-0.1, -0.05) is 48.9 Å². The van der Waals surface area contributed by atoms with E-state index >= 15 is 0 Å². The summed E-state index contributed by atoms with van der Waals surface area (Å²) in [6.07, 6.45) is 8.39. The van der Waals surface area contributed by atoms with Gasteiger partial charge in [-0.25, -0.2) is 0 Å². The van der Waals surface area contributed by atoms with Crippen LogP contribution < -0.4 is 0 Å². The number of hydrogen-bond acceptors (Lipinski definition) is 1. The van der Waals surface area contributed by atoms with Gasteiger partial charge in [0.05, 0.1) is 0 Å². The molecule has 3 aliphatic rings. The molecule has 0 aromatic heterocycles. The maximum atomic E-state index is 12.5. The SMILES string of the molecule is CCc1cccc2cc3c(cc12)CC(=O)CC31CC2=CCC1C2. The Morgan fingerprint density at radius 3 is 2.87 bits per heavy atom. The molecule has 0 saturated heterocycles. The number of hydrogen-bond donors (Lipinski definition) is 0. The predicted molar refractivity (Wildman–Crippen MR) is 93.8 cm³/mol. The second-order valence-corrected chi connectivity index (χ2v) is 7.73. The number of fused-ring (bicyclic) bond motifs is 6. The molecule has 0 aliphatic heterocycles. The standard InChI is InChI=1S/C22H22O/c1-2-15-4-3-5-16-11-21-17(10-20(15)16)9-19(23)13-22(21)12-14-6-7-18(22)8-14/h3-6,10-11,18H,2,7-9,12-13H2,1H3. The van der Waals surface area contributed by atoms with Crippen molar-refractivity contribution in [3.05, 3.63) is 58.7 Å². The Bertz CT molecular complexity index is 873. The van der Waals surface area contributed by atoms with E-state index in [-0.39, 0.29) is 5.41 Å². The Morgan fingerprint density at radius 2 is 2.13 bits per heavy atom. The topological polar surface area (TPSA) is 17.1 Å². The summed E-state index contributed by atoms with van der Waals surface area (Å²) in [5.41, 5.74) is 5.91. The molecule has 1 fully saturated rings. The molecular formula is C22H22O. The summed E-state index contributed by atoms with van der Waals surface area (Å²) in [5.74, 6) is 1.10. The average molecular weight is 302 g/mol. The zero-order chi connectivity index (χ0) is 15.6. The van der Waals surface area contributed by atoms with Crippen LogP contribution >= 0.6 is 0 Å². The van der Waals surface area contributed by atoms with Crippen molar-refractivity contribution in [1.82, 2.24) is 0 Å². The molecule has 1 heteroatoms. The highest BCUT2D eigenvalue weighted by molar-refractivity contribution is 5.92.